The van der Waals surface area contributed by atoms with Crippen LogP contribution in [0.15, 0.2) is 59.5 Å². The Hall–Kier alpha value is -2.38. The lowest BCUT2D eigenvalue weighted by Gasteiger charge is -2.29. The van der Waals surface area contributed by atoms with Gasteiger partial charge in [0.05, 0.1) is 10.8 Å². The average Bonchev–Trinajstić information content (AvgIpc) is 2.63. The van der Waals surface area contributed by atoms with Crippen molar-refractivity contribution in [3.05, 3.63) is 54.6 Å². The zero-order valence-corrected chi connectivity index (χ0v) is 15.0. The summed E-state index contributed by atoms with van der Waals surface area (Å²) in [7, 11) is -3.78. The van der Waals surface area contributed by atoms with Crippen LogP contribution in [0.4, 0.5) is 0 Å². The van der Waals surface area contributed by atoms with Crippen molar-refractivity contribution in [1.29, 1.82) is 0 Å². The molecule has 0 bridgehead atoms. The smallest absolute Gasteiger partial charge is 0.308 e. The van der Waals surface area contributed by atoms with Gasteiger partial charge in [0.15, 0.2) is 0 Å². The van der Waals surface area contributed by atoms with Crippen molar-refractivity contribution in [3.63, 3.8) is 0 Å². The fraction of sp³-hybridized carbons (Fsp3) is 0.316. The van der Waals surface area contributed by atoms with Gasteiger partial charge in [-0.3, -0.25) is 4.79 Å². The molecular formula is C19H21NO5S. The molecule has 7 heteroatoms. The topological polar surface area (TPSA) is 92.7 Å². The molecule has 1 aliphatic rings. The van der Waals surface area contributed by atoms with E-state index in [0.29, 0.717) is 24.3 Å². The summed E-state index contributed by atoms with van der Waals surface area (Å²) in [6, 6.07) is 14.7. The highest BCUT2D eigenvalue weighted by molar-refractivity contribution is 7.89. The minimum Gasteiger partial charge on any atom is -0.481 e. The molecule has 26 heavy (non-hydrogen) atoms. The molecule has 2 atom stereocenters. The summed E-state index contributed by atoms with van der Waals surface area (Å²) in [5, 5.41) is 9.30. The van der Waals surface area contributed by atoms with E-state index in [4.69, 9.17) is 4.74 Å². The van der Waals surface area contributed by atoms with E-state index in [2.05, 4.69) is 4.72 Å². The number of benzene rings is 2. The van der Waals surface area contributed by atoms with Gasteiger partial charge in [-0.15, -0.1) is 0 Å². The Morgan fingerprint density at radius 3 is 2.23 bits per heavy atom. The molecule has 2 aromatic carbocycles. The SMILES string of the molecule is O=C(O)[C@H]1CCCC[C@@H]1NS(=O)(=O)c1ccc(Oc2ccccc2)cc1. The van der Waals surface area contributed by atoms with Crippen LogP contribution >= 0.6 is 0 Å². The monoisotopic (exact) mass is 375 g/mol. The Bertz CT molecular complexity index is 849. The molecule has 2 N–H and O–H groups in total. The molecule has 1 fully saturated rings. The summed E-state index contributed by atoms with van der Waals surface area (Å²) in [6.45, 7) is 0. The molecule has 0 unspecified atom stereocenters. The van der Waals surface area contributed by atoms with Gasteiger partial charge in [0, 0.05) is 6.04 Å². The second-order valence-electron chi connectivity index (χ2n) is 6.34. The van der Waals surface area contributed by atoms with Gasteiger partial charge in [-0.2, -0.15) is 0 Å². The van der Waals surface area contributed by atoms with Crippen molar-refractivity contribution < 1.29 is 23.1 Å². The number of carboxylic acids is 1. The number of carbonyl (C=O) groups is 1. The van der Waals surface area contributed by atoms with Crippen LogP contribution in [0.1, 0.15) is 25.7 Å². The first kappa shape index (κ1) is 18.4. The Morgan fingerprint density at radius 1 is 0.962 bits per heavy atom. The zero-order valence-electron chi connectivity index (χ0n) is 14.2. The van der Waals surface area contributed by atoms with E-state index in [9.17, 15) is 18.3 Å². The Morgan fingerprint density at radius 2 is 1.58 bits per heavy atom. The van der Waals surface area contributed by atoms with Crippen LogP contribution in [-0.4, -0.2) is 25.5 Å². The minimum atomic E-state index is -3.78. The molecule has 0 amide bonds. The van der Waals surface area contributed by atoms with E-state index in [0.717, 1.165) is 12.8 Å². The zero-order chi connectivity index (χ0) is 18.6. The van der Waals surface area contributed by atoms with Crippen molar-refractivity contribution in [1.82, 2.24) is 4.72 Å². The molecule has 6 nitrogen and oxygen atoms in total. The van der Waals surface area contributed by atoms with Crippen molar-refractivity contribution in [3.8, 4) is 11.5 Å². The van der Waals surface area contributed by atoms with Gasteiger partial charge < -0.3 is 9.84 Å². The molecule has 0 radical (unpaired) electrons. The Balaban J connectivity index is 1.72. The van der Waals surface area contributed by atoms with Gasteiger partial charge in [-0.05, 0) is 49.2 Å². The molecule has 0 aromatic heterocycles. The number of ether oxygens (including phenoxy) is 1. The second-order valence-corrected chi connectivity index (χ2v) is 8.06. The summed E-state index contributed by atoms with van der Waals surface area (Å²) < 4.78 is 33.4. The van der Waals surface area contributed by atoms with Crippen molar-refractivity contribution in [2.24, 2.45) is 5.92 Å². The molecule has 0 spiro atoms. The van der Waals surface area contributed by atoms with Gasteiger partial charge in [-0.1, -0.05) is 31.0 Å². The number of nitrogens with one attached hydrogen (secondary N) is 1. The molecule has 1 aliphatic carbocycles. The molecule has 0 saturated heterocycles. The van der Waals surface area contributed by atoms with Crippen LogP contribution in [0.5, 0.6) is 11.5 Å². The van der Waals surface area contributed by atoms with E-state index in [1.807, 2.05) is 18.2 Å². The number of hydrogen-bond donors (Lipinski definition) is 2. The van der Waals surface area contributed by atoms with Crippen molar-refractivity contribution in [2.45, 2.75) is 36.6 Å². The van der Waals surface area contributed by atoms with Gasteiger partial charge >= 0.3 is 5.97 Å². The fourth-order valence-electron chi connectivity index (χ4n) is 3.15. The van der Waals surface area contributed by atoms with Gasteiger partial charge in [0.1, 0.15) is 11.5 Å². The summed E-state index contributed by atoms with van der Waals surface area (Å²) in [5.41, 5.74) is 0. The number of carboxylic acid groups (broad SMARTS) is 1. The molecule has 138 valence electrons. The first-order valence-electron chi connectivity index (χ1n) is 8.54. The van der Waals surface area contributed by atoms with Crippen LogP contribution in [0.3, 0.4) is 0 Å². The maximum atomic E-state index is 12.6. The third kappa shape index (κ3) is 4.42. The van der Waals surface area contributed by atoms with E-state index in [-0.39, 0.29) is 4.90 Å². The second kappa shape index (κ2) is 7.88. The Kier molecular flexibility index (Phi) is 5.58. The highest BCUT2D eigenvalue weighted by Gasteiger charge is 2.33. The molecule has 2 aromatic rings. The number of aliphatic carboxylic acids is 1. The van der Waals surface area contributed by atoms with Crippen molar-refractivity contribution >= 4 is 16.0 Å². The van der Waals surface area contributed by atoms with Crippen LogP contribution in [0.2, 0.25) is 0 Å². The normalized spacial score (nSPS) is 20.5. The third-order valence-electron chi connectivity index (χ3n) is 4.50. The highest BCUT2D eigenvalue weighted by atomic mass is 32.2. The third-order valence-corrected chi connectivity index (χ3v) is 6.01. The number of para-hydroxylation sites is 1. The predicted octanol–water partition coefficient (Wildman–Crippen LogP) is 3.40. The molecule has 0 heterocycles. The van der Waals surface area contributed by atoms with E-state index in [1.54, 1.807) is 24.3 Å². The van der Waals surface area contributed by atoms with Crippen LogP contribution in [0, 0.1) is 5.92 Å². The number of rotatable bonds is 6. The quantitative estimate of drug-likeness (QED) is 0.807. The highest BCUT2D eigenvalue weighted by Crippen LogP contribution is 2.27. The summed E-state index contributed by atoms with van der Waals surface area (Å²) in [5.74, 6) is -0.452. The van der Waals surface area contributed by atoms with Crippen molar-refractivity contribution in [2.75, 3.05) is 0 Å². The standard InChI is InChI=1S/C19H21NO5S/c21-19(22)17-8-4-5-9-18(17)20-26(23,24)16-12-10-15(11-13-16)25-14-6-2-1-3-7-14/h1-3,6-7,10-13,17-18,20H,4-5,8-9H2,(H,21,22)/t17-,18-/m0/s1. The first-order chi connectivity index (χ1) is 12.5. The fourth-order valence-corrected chi connectivity index (χ4v) is 4.46. The maximum Gasteiger partial charge on any atom is 0.308 e. The summed E-state index contributed by atoms with van der Waals surface area (Å²) >= 11 is 0. The summed E-state index contributed by atoms with van der Waals surface area (Å²) in [4.78, 5) is 11.4. The lowest BCUT2D eigenvalue weighted by atomic mass is 9.85. The Labute approximate surface area is 152 Å². The average molecular weight is 375 g/mol. The van der Waals surface area contributed by atoms with Gasteiger partial charge in [0.25, 0.3) is 0 Å². The molecule has 1 saturated carbocycles. The maximum absolute atomic E-state index is 12.6. The first-order valence-corrected chi connectivity index (χ1v) is 10.0. The molecule has 0 aliphatic heterocycles. The lowest BCUT2D eigenvalue weighted by Crippen LogP contribution is -2.44. The van der Waals surface area contributed by atoms with Gasteiger partial charge in [0.2, 0.25) is 10.0 Å². The lowest BCUT2D eigenvalue weighted by molar-refractivity contribution is -0.143. The van der Waals surface area contributed by atoms with E-state index in [1.165, 1.54) is 12.1 Å². The van der Waals surface area contributed by atoms with Gasteiger partial charge in [-0.25, -0.2) is 13.1 Å². The predicted molar refractivity (Wildman–Crippen MR) is 96.7 cm³/mol. The molecular weight excluding hydrogens is 354 g/mol. The van der Waals surface area contributed by atoms with Crippen LogP contribution in [-0.2, 0) is 14.8 Å². The minimum absolute atomic E-state index is 0.0904. The molecule has 3 rings (SSSR count). The van der Waals surface area contributed by atoms with E-state index < -0.39 is 28.0 Å². The van der Waals surface area contributed by atoms with Crippen LogP contribution in [0.25, 0.3) is 0 Å². The summed E-state index contributed by atoms with van der Waals surface area (Å²) in [6.07, 6.45) is 2.65. The van der Waals surface area contributed by atoms with Crippen LogP contribution < -0.4 is 9.46 Å². The number of sulfonamides is 1. The number of hydrogen-bond acceptors (Lipinski definition) is 4. The largest absolute Gasteiger partial charge is 0.481 e. The van der Waals surface area contributed by atoms with E-state index >= 15 is 0 Å².